The fourth-order valence-corrected chi connectivity index (χ4v) is 8.51. The number of hydrogen-bond donors (Lipinski definition) is 1. The van der Waals surface area contributed by atoms with Crippen LogP contribution < -0.4 is 15.1 Å². The quantitative estimate of drug-likeness (QED) is 0.233. The van der Waals surface area contributed by atoms with Crippen molar-refractivity contribution in [1.29, 1.82) is 0 Å². The Balaban J connectivity index is 1.43. The van der Waals surface area contributed by atoms with Crippen molar-refractivity contribution in [2.24, 2.45) is 5.92 Å². The van der Waals surface area contributed by atoms with Crippen LogP contribution >= 0.6 is 69.5 Å². The number of thioether (sulfide) groups is 1. The van der Waals surface area contributed by atoms with Crippen LogP contribution in [0.4, 0.5) is 11.4 Å². The fraction of sp³-hybridized carbons (Fsp3) is 0.143. The first-order valence-electron chi connectivity index (χ1n) is 12.2. The molecule has 0 saturated carbocycles. The van der Waals surface area contributed by atoms with Gasteiger partial charge in [-0.05, 0) is 60.2 Å². The second-order valence-corrected chi connectivity index (χ2v) is 13.1. The Bertz CT molecular complexity index is 1770. The Hall–Kier alpha value is -2.79. The van der Waals surface area contributed by atoms with Crippen LogP contribution in [0.2, 0.25) is 20.1 Å². The fourth-order valence-electron chi connectivity index (χ4n) is 5.07. The van der Waals surface area contributed by atoms with Gasteiger partial charge in [-0.25, -0.2) is 4.90 Å². The third-order valence-corrected chi connectivity index (χ3v) is 10.8. The number of benzene rings is 3. The van der Waals surface area contributed by atoms with E-state index in [2.05, 4.69) is 5.32 Å². The van der Waals surface area contributed by atoms with Crippen LogP contribution in [0, 0.1) is 5.92 Å². The zero-order valence-electron chi connectivity index (χ0n) is 20.6. The number of halogens is 4. The first-order valence-corrected chi connectivity index (χ1v) is 15.4. The van der Waals surface area contributed by atoms with E-state index in [4.69, 9.17) is 46.4 Å². The van der Waals surface area contributed by atoms with Gasteiger partial charge in [0.1, 0.15) is 11.8 Å². The van der Waals surface area contributed by atoms with E-state index >= 15 is 0 Å². The summed E-state index contributed by atoms with van der Waals surface area (Å²) >= 11 is 27.0. The normalized spacial score (nSPS) is 19.7. The highest BCUT2D eigenvalue weighted by atomic mass is 35.5. The molecule has 2 unspecified atom stereocenters. The molecule has 208 valence electrons. The van der Waals surface area contributed by atoms with Gasteiger partial charge in [0, 0.05) is 26.5 Å². The van der Waals surface area contributed by atoms with Gasteiger partial charge in [-0.15, -0.1) is 0 Å². The molecule has 2 aliphatic heterocycles. The molecule has 6 rings (SSSR count). The van der Waals surface area contributed by atoms with Gasteiger partial charge in [0.2, 0.25) is 17.7 Å². The van der Waals surface area contributed by atoms with Crippen molar-refractivity contribution in [3.8, 4) is 0 Å². The monoisotopic (exact) mass is 663 g/mol. The molecule has 4 aromatic rings. The minimum absolute atomic E-state index is 0.230. The number of aromatic nitrogens is 1. The second-order valence-electron chi connectivity index (χ2n) is 9.35. The Morgan fingerprint density at radius 1 is 0.854 bits per heavy atom. The van der Waals surface area contributed by atoms with Gasteiger partial charge in [0.25, 0.3) is 0 Å². The molecule has 0 radical (unpaired) electrons. The van der Waals surface area contributed by atoms with Gasteiger partial charge in [-0.1, -0.05) is 81.6 Å². The van der Waals surface area contributed by atoms with Crippen LogP contribution in [0.1, 0.15) is 16.4 Å². The smallest absolute Gasteiger partial charge is 0.308 e. The highest BCUT2D eigenvalue weighted by molar-refractivity contribution is 8.00. The molecule has 2 aliphatic rings. The number of thiazole rings is 1. The number of carbonyl (C=O) groups is 3. The van der Waals surface area contributed by atoms with Crippen molar-refractivity contribution in [3.05, 3.63) is 107 Å². The molecule has 7 nitrogen and oxygen atoms in total. The lowest BCUT2D eigenvalue weighted by molar-refractivity contribution is -0.122. The van der Waals surface area contributed by atoms with E-state index in [1.807, 2.05) is 0 Å². The molecular formula is C28H17Cl4N3O4S2. The number of hydrogen-bond acceptors (Lipinski definition) is 6. The standard InChI is InChI=1S/C28H17Cl4N3O4S2/c29-13-4-8-15(9-5-13)33-19(36)12-34-27-24(41-28(34)39)20(17-2-1-3-18(31)22(17)32)21-23(40-27)26(38)35(25(21)37)16-10-6-14(30)7-11-16/h1-11,20-21,23H,12H2,(H,33,36)/t20-,21?,23?/m1/s1. The predicted octanol–water partition coefficient (Wildman–Crippen LogP) is 6.96. The molecule has 0 spiro atoms. The number of anilines is 2. The van der Waals surface area contributed by atoms with Crippen LogP contribution in [0.5, 0.6) is 0 Å². The lowest BCUT2D eigenvalue weighted by Crippen LogP contribution is -2.33. The number of imide groups is 1. The Morgan fingerprint density at radius 2 is 1.51 bits per heavy atom. The molecule has 41 heavy (non-hydrogen) atoms. The first kappa shape index (κ1) is 28.3. The first-order chi connectivity index (χ1) is 19.6. The topological polar surface area (TPSA) is 88.5 Å². The maximum absolute atomic E-state index is 14.0. The molecule has 13 heteroatoms. The third kappa shape index (κ3) is 5.09. The number of fused-ring (bicyclic) bond motifs is 2. The largest absolute Gasteiger partial charge is 0.325 e. The van der Waals surface area contributed by atoms with Gasteiger partial charge in [-0.3, -0.25) is 23.7 Å². The molecule has 3 aromatic carbocycles. The minimum Gasteiger partial charge on any atom is -0.325 e. The Labute approximate surface area is 262 Å². The molecule has 0 bridgehead atoms. The molecule has 3 amide bonds. The maximum atomic E-state index is 14.0. The molecule has 1 saturated heterocycles. The van der Waals surface area contributed by atoms with Crippen molar-refractivity contribution in [2.45, 2.75) is 22.7 Å². The van der Waals surface area contributed by atoms with Crippen LogP contribution in [0.15, 0.2) is 76.6 Å². The molecular weight excluding hydrogens is 648 g/mol. The van der Waals surface area contributed by atoms with E-state index in [-0.39, 0.29) is 16.6 Å². The van der Waals surface area contributed by atoms with Gasteiger partial charge in [0.05, 0.1) is 26.7 Å². The van der Waals surface area contributed by atoms with Crippen molar-refractivity contribution < 1.29 is 14.4 Å². The van der Waals surface area contributed by atoms with Crippen molar-refractivity contribution in [1.82, 2.24) is 4.57 Å². The van der Waals surface area contributed by atoms with E-state index in [1.54, 1.807) is 66.7 Å². The van der Waals surface area contributed by atoms with Gasteiger partial charge >= 0.3 is 4.87 Å². The lowest BCUT2D eigenvalue weighted by atomic mass is 9.83. The maximum Gasteiger partial charge on any atom is 0.308 e. The van der Waals surface area contributed by atoms with E-state index in [9.17, 15) is 19.2 Å². The van der Waals surface area contributed by atoms with Gasteiger partial charge < -0.3 is 5.32 Å². The van der Waals surface area contributed by atoms with Gasteiger partial charge in [-0.2, -0.15) is 0 Å². The zero-order valence-corrected chi connectivity index (χ0v) is 25.3. The molecule has 3 atom stereocenters. The van der Waals surface area contributed by atoms with E-state index in [1.165, 1.54) is 4.57 Å². The van der Waals surface area contributed by atoms with E-state index in [0.29, 0.717) is 36.9 Å². The second kappa shape index (κ2) is 11.1. The van der Waals surface area contributed by atoms with Crippen molar-refractivity contribution >= 4 is 98.6 Å². The third-order valence-electron chi connectivity index (χ3n) is 6.88. The highest BCUT2D eigenvalue weighted by Crippen LogP contribution is 2.55. The summed E-state index contributed by atoms with van der Waals surface area (Å²) in [6.07, 6.45) is 0. The summed E-state index contributed by atoms with van der Waals surface area (Å²) in [6, 6.07) is 18.1. The summed E-state index contributed by atoms with van der Waals surface area (Å²) in [5.41, 5.74) is 1.43. The number of nitrogens with one attached hydrogen (secondary N) is 1. The molecule has 1 aromatic heterocycles. The summed E-state index contributed by atoms with van der Waals surface area (Å²) in [6.45, 7) is -0.295. The van der Waals surface area contributed by atoms with Crippen molar-refractivity contribution in [3.63, 3.8) is 0 Å². The molecule has 1 N–H and O–H groups in total. The minimum atomic E-state index is -0.870. The predicted molar refractivity (Wildman–Crippen MR) is 164 cm³/mol. The number of carbonyl (C=O) groups excluding carboxylic acids is 3. The number of rotatable bonds is 5. The summed E-state index contributed by atoms with van der Waals surface area (Å²) in [5.74, 6) is -2.89. The molecule has 1 fully saturated rings. The summed E-state index contributed by atoms with van der Waals surface area (Å²) < 4.78 is 1.33. The summed E-state index contributed by atoms with van der Waals surface area (Å²) in [7, 11) is 0. The van der Waals surface area contributed by atoms with E-state index in [0.717, 1.165) is 28.0 Å². The van der Waals surface area contributed by atoms with Crippen molar-refractivity contribution in [2.75, 3.05) is 10.2 Å². The van der Waals surface area contributed by atoms with Crippen LogP contribution in [0.25, 0.3) is 0 Å². The lowest BCUT2D eigenvalue weighted by Gasteiger charge is -2.31. The van der Waals surface area contributed by atoms with Crippen LogP contribution in [0.3, 0.4) is 0 Å². The summed E-state index contributed by atoms with van der Waals surface area (Å²) in [4.78, 5) is 55.3. The number of nitrogens with zero attached hydrogens (tertiary/aromatic N) is 2. The average Bonchev–Trinajstić information content (AvgIpc) is 3.38. The Morgan fingerprint density at radius 3 is 2.20 bits per heavy atom. The van der Waals surface area contributed by atoms with Crippen LogP contribution in [-0.4, -0.2) is 27.5 Å². The molecule has 0 aliphatic carbocycles. The average molecular weight is 665 g/mol. The summed E-state index contributed by atoms with van der Waals surface area (Å²) in [5, 5.41) is 3.82. The molecule has 3 heterocycles. The van der Waals surface area contributed by atoms with E-state index < -0.39 is 39.7 Å². The number of amides is 3. The Kier molecular flexibility index (Phi) is 7.69. The zero-order chi connectivity index (χ0) is 29.0. The van der Waals surface area contributed by atoms with Crippen LogP contribution in [-0.2, 0) is 20.9 Å². The SMILES string of the molecule is O=C(Cn1c2c(sc1=O)[C@H](c1cccc(Cl)c1Cl)C1C(=O)N(c3ccc(Cl)cc3)C(=O)C1S2)Nc1ccc(Cl)cc1. The highest BCUT2D eigenvalue weighted by Gasteiger charge is 2.57. The van der Waals surface area contributed by atoms with Gasteiger partial charge in [0.15, 0.2) is 0 Å².